The van der Waals surface area contributed by atoms with Crippen LogP contribution in [0.25, 0.3) is 0 Å². The summed E-state index contributed by atoms with van der Waals surface area (Å²) in [6.07, 6.45) is 0. The van der Waals surface area contributed by atoms with Gasteiger partial charge < -0.3 is 9.64 Å². The lowest BCUT2D eigenvalue weighted by molar-refractivity contribution is 0.204. The number of anilines is 1. The number of halogens is 1. The van der Waals surface area contributed by atoms with Gasteiger partial charge in [0, 0.05) is 29.9 Å². The standard InChI is InChI=1S/C13H17BrN2O/c1-10(2)16(6-7-17-3)12-5-4-11(9-15)13(14)8-12/h4-5,8,10H,6-7H2,1-3H3. The van der Waals surface area contributed by atoms with Crippen molar-refractivity contribution >= 4 is 21.6 Å². The molecule has 0 N–H and O–H groups in total. The molecule has 1 aromatic carbocycles. The molecular formula is C13H17BrN2O. The number of hydrogen-bond acceptors (Lipinski definition) is 3. The molecule has 0 aliphatic heterocycles. The maximum Gasteiger partial charge on any atom is 0.100 e. The van der Waals surface area contributed by atoms with Gasteiger partial charge in [-0.05, 0) is 48.0 Å². The molecule has 0 radical (unpaired) electrons. The van der Waals surface area contributed by atoms with Gasteiger partial charge in [0.05, 0.1) is 12.2 Å². The smallest absolute Gasteiger partial charge is 0.100 e. The summed E-state index contributed by atoms with van der Waals surface area (Å²) in [6, 6.07) is 8.32. The molecule has 0 heterocycles. The third-order valence-electron chi connectivity index (χ3n) is 2.56. The first-order valence-electron chi connectivity index (χ1n) is 5.55. The minimum Gasteiger partial charge on any atom is -0.383 e. The minimum absolute atomic E-state index is 0.394. The van der Waals surface area contributed by atoms with Gasteiger partial charge in [-0.15, -0.1) is 0 Å². The van der Waals surface area contributed by atoms with E-state index in [0.717, 1.165) is 16.7 Å². The second-order valence-corrected chi connectivity index (χ2v) is 4.91. The van der Waals surface area contributed by atoms with E-state index in [2.05, 4.69) is 40.7 Å². The minimum atomic E-state index is 0.394. The average molecular weight is 297 g/mol. The van der Waals surface area contributed by atoms with Crippen LogP contribution in [0.5, 0.6) is 0 Å². The number of nitriles is 1. The Morgan fingerprint density at radius 1 is 1.47 bits per heavy atom. The highest BCUT2D eigenvalue weighted by atomic mass is 79.9. The van der Waals surface area contributed by atoms with Gasteiger partial charge in [-0.2, -0.15) is 5.26 Å². The second-order valence-electron chi connectivity index (χ2n) is 4.06. The number of ether oxygens (including phenoxy) is 1. The van der Waals surface area contributed by atoms with E-state index in [4.69, 9.17) is 10.00 Å². The van der Waals surface area contributed by atoms with Crippen molar-refractivity contribution in [3.63, 3.8) is 0 Å². The fraction of sp³-hybridized carbons (Fsp3) is 0.462. The number of hydrogen-bond donors (Lipinski definition) is 0. The number of benzene rings is 1. The second kappa shape index (κ2) is 6.63. The van der Waals surface area contributed by atoms with Crippen LogP contribution >= 0.6 is 15.9 Å². The van der Waals surface area contributed by atoms with Crippen LogP contribution < -0.4 is 4.90 Å². The van der Waals surface area contributed by atoms with Crippen molar-refractivity contribution in [2.45, 2.75) is 19.9 Å². The molecule has 0 aliphatic rings. The highest BCUT2D eigenvalue weighted by Crippen LogP contribution is 2.24. The van der Waals surface area contributed by atoms with E-state index in [0.29, 0.717) is 18.2 Å². The van der Waals surface area contributed by atoms with Crippen LogP contribution in [0.4, 0.5) is 5.69 Å². The molecule has 0 unspecified atom stereocenters. The lowest BCUT2D eigenvalue weighted by atomic mass is 10.2. The summed E-state index contributed by atoms with van der Waals surface area (Å²) in [4.78, 5) is 2.25. The van der Waals surface area contributed by atoms with Gasteiger partial charge in [-0.1, -0.05) is 0 Å². The molecule has 0 spiro atoms. The van der Waals surface area contributed by atoms with Gasteiger partial charge in [0.15, 0.2) is 0 Å². The van der Waals surface area contributed by atoms with Crippen LogP contribution in [-0.4, -0.2) is 26.3 Å². The van der Waals surface area contributed by atoms with E-state index in [1.807, 2.05) is 18.2 Å². The van der Waals surface area contributed by atoms with E-state index in [1.165, 1.54) is 0 Å². The highest BCUT2D eigenvalue weighted by Gasteiger charge is 2.11. The first-order valence-corrected chi connectivity index (χ1v) is 6.34. The van der Waals surface area contributed by atoms with Crippen molar-refractivity contribution in [1.29, 1.82) is 5.26 Å². The van der Waals surface area contributed by atoms with Crippen molar-refractivity contribution in [1.82, 2.24) is 0 Å². The molecule has 0 bridgehead atoms. The molecule has 1 aromatic rings. The summed E-state index contributed by atoms with van der Waals surface area (Å²) in [6.45, 7) is 5.81. The summed E-state index contributed by atoms with van der Waals surface area (Å²) in [5, 5.41) is 8.88. The zero-order valence-corrected chi connectivity index (χ0v) is 12.0. The zero-order valence-electron chi connectivity index (χ0n) is 10.4. The third kappa shape index (κ3) is 3.72. The van der Waals surface area contributed by atoms with E-state index in [1.54, 1.807) is 7.11 Å². The third-order valence-corrected chi connectivity index (χ3v) is 3.22. The molecule has 0 atom stereocenters. The lowest BCUT2D eigenvalue weighted by Crippen LogP contribution is -2.33. The zero-order chi connectivity index (χ0) is 12.8. The molecular weight excluding hydrogens is 280 g/mol. The highest BCUT2D eigenvalue weighted by molar-refractivity contribution is 9.10. The van der Waals surface area contributed by atoms with Gasteiger partial charge in [0.25, 0.3) is 0 Å². The molecule has 0 aliphatic carbocycles. The Bertz CT molecular complexity index is 412. The van der Waals surface area contributed by atoms with Crippen molar-refractivity contribution in [3.8, 4) is 6.07 Å². The van der Waals surface area contributed by atoms with Crippen molar-refractivity contribution in [2.75, 3.05) is 25.2 Å². The first kappa shape index (κ1) is 14.0. The number of nitrogens with zero attached hydrogens (tertiary/aromatic N) is 2. The van der Waals surface area contributed by atoms with Gasteiger partial charge in [-0.25, -0.2) is 0 Å². The van der Waals surface area contributed by atoms with E-state index >= 15 is 0 Å². The van der Waals surface area contributed by atoms with Gasteiger partial charge in [-0.3, -0.25) is 0 Å². The Morgan fingerprint density at radius 3 is 2.65 bits per heavy atom. The van der Waals surface area contributed by atoms with Crippen molar-refractivity contribution < 1.29 is 4.74 Å². The molecule has 0 saturated carbocycles. The Morgan fingerprint density at radius 2 is 2.18 bits per heavy atom. The van der Waals surface area contributed by atoms with Crippen molar-refractivity contribution in [3.05, 3.63) is 28.2 Å². The summed E-state index contributed by atoms with van der Waals surface area (Å²) in [5.74, 6) is 0. The SMILES string of the molecule is COCCN(c1ccc(C#N)c(Br)c1)C(C)C. The Balaban J connectivity index is 2.95. The molecule has 4 heteroatoms. The summed E-state index contributed by atoms with van der Waals surface area (Å²) in [7, 11) is 1.70. The predicted molar refractivity (Wildman–Crippen MR) is 73.2 cm³/mol. The molecule has 17 heavy (non-hydrogen) atoms. The van der Waals surface area contributed by atoms with E-state index in [-0.39, 0.29) is 0 Å². The van der Waals surface area contributed by atoms with Crippen LogP contribution in [0, 0.1) is 11.3 Å². The molecule has 3 nitrogen and oxygen atoms in total. The summed E-state index contributed by atoms with van der Waals surface area (Å²) >= 11 is 3.41. The predicted octanol–water partition coefficient (Wildman–Crippen LogP) is 3.18. The molecule has 0 aromatic heterocycles. The normalized spacial score (nSPS) is 10.4. The molecule has 0 fully saturated rings. The average Bonchev–Trinajstić information content (AvgIpc) is 2.29. The lowest BCUT2D eigenvalue weighted by Gasteiger charge is -2.29. The van der Waals surface area contributed by atoms with E-state index < -0.39 is 0 Å². The summed E-state index contributed by atoms with van der Waals surface area (Å²) in [5.41, 5.74) is 1.76. The van der Waals surface area contributed by atoms with E-state index in [9.17, 15) is 0 Å². The Hall–Kier alpha value is -1.05. The quantitative estimate of drug-likeness (QED) is 0.837. The fourth-order valence-electron chi connectivity index (χ4n) is 1.65. The van der Waals surface area contributed by atoms with Crippen LogP contribution in [0.15, 0.2) is 22.7 Å². The van der Waals surface area contributed by atoms with Crippen molar-refractivity contribution in [2.24, 2.45) is 0 Å². The van der Waals surface area contributed by atoms with Crippen LogP contribution in [0.3, 0.4) is 0 Å². The molecule has 0 amide bonds. The maximum absolute atomic E-state index is 8.88. The molecule has 1 rings (SSSR count). The van der Waals surface area contributed by atoms with Gasteiger partial charge in [0.1, 0.15) is 6.07 Å². The molecule has 92 valence electrons. The Kier molecular flexibility index (Phi) is 5.46. The van der Waals surface area contributed by atoms with Crippen LogP contribution in [0.1, 0.15) is 19.4 Å². The fourth-order valence-corrected chi connectivity index (χ4v) is 2.10. The first-order chi connectivity index (χ1) is 8.10. The number of methoxy groups -OCH3 is 1. The molecule has 0 saturated heterocycles. The number of rotatable bonds is 5. The monoisotopic (exact) mass is 296 g/mol. The largest absolute Gasteiger partial charge is 0.383 e. The maximum atomic E-state index is 8.88. The van der Waals surface area contributed by atoms with Gasteiger partial charge >= 0.3 is 0 Å². The van der Waals surface area contributed by atoms with Crippen LogP contribution in [-0.2, 0) is 4.74 Å². The van der Waals surface area contributed by atoms with Gasteiger partial charge in [0.2, 0.25) is 0 Å². The Labute approximate surface area is 111 Å². The topological polar surface area (TPSA) is 36.3 Å². The van der Waals surface area contributed by atoms with Crippen LogP contribution in [0.2, 0.25) is 0 Å². The summed E-state index contributed by atoms with van der Waals surface area (Å²) < 4.78 is 5.95.